The second-order valence-electron chi connectivity index (χ2n) is 6.06. The Morgan fingerprint density at radius 2 is 2.00 bits per heavy atom. The molecular formula is C19H22N2O4S. The molecule has 0 bridgehead atoms. The Morgan fingerprint density at radius 3 is 2.73 bits per heavy atom. The van der Waals surface area contributed by atoms with Gasteiger partial charge in [-0.25, -0.2) is 8.42 Å². The van der Waals surface area contributed by atoms with Crippen molar-refractivity contribution in [1.29, 1.82) is 0 Å². The summed E-state index contributed by atoms with van der Waals surface area (Å²) in [5.41, 5.74) is 1.90. The molecule has 26 heavy (non-hydrogen) atoms. The average Bonchev–Trinajstić information content (AvgIpc) is 2.99. The fourth-order valence-corrected chi connectivity index (χ4v) is 4.48. The lowest BCUT2D eigenvalue weighted by molar-refractivity contribution is 0.0951. The van der Waals surface area contributed by atoms with E-state index in [9.17, 15) is 13.2 Å². The molecule has 2 aromatic carbocycles. The molecule has 2 aromatic rings. The largest absolute Gasteiger partial charge is 0.494 e. The quantitative estimate of drug-likeness (QED) is 0.843. The van der Waals surface area contributed by atoms with Crippen LogP contribution in [0.2, 0.25) is 0 Å². The number of hydrogen-bond donors (Lipinski definition) is 1. The number of hydrogen-bond acceptors (Lipinski definition) is 4. The molecule has 0 saturated carbocycles. The monoisotopic (exact) mass is 374 g/mol. The van der Waals surface area contributed by atoms with E-state index in [-0.39, 0.29) is 11.7 Å². The molecule has 1 heterocycles. The van der Waals surface area contributed by atoms with Crippen LogP contribution in [-0.2, 0) is 16.6 Å². The van der Waals surface area contributed by atoms with Gasteiger partial charge < -0.3 is 10.1 Å². The lowest BCUT2D eigenvalue weighted by Crippen LogP contribution is -2.26. The number of amides is 1. The second-order valence-corrected chi connectivity index (χ2v) is 8.07. The molecular weight excluding hydrogens is 352 g/mol. The fraction of sp³-hybridized carbons (Fsp3) is 0.316. The van der Waals surface area contributed by atoms with Crippen LogP contribution >= 0.6 is 0 Å². The number of ether oxygens (including phenoxy) is 1. The number of carbonyl (C=O) groups excluding carboxylic acids is 1. The summed E-state index contributed by atoms with van der Waals surface area (Å²) in [6.07, 6.45) is 0.606. The maximum absolute atomic E-state index is 12.4. The van der Waals surface area contributed by atoms with Crippen LogP contribution in [-0.4, -0.2) is 33.2 Å². The van der Waals surface area contributed by atoms with Crippen LogP contribution in [0, 0.1) is 0 Å². The van der Waals surface area contributed by atoms with E-state index in [0.717, 1.165) is 11.3 Å². The summed E-state index contributed by atoms with van der Waals surface area (Å²) in [7, 11) is -3.26. The number of nitrogens with zero attached hydrogens (tertiary/aromatic N) is 1. The summed E-state index contributed by atoms with van der Waals surface area (Å²) in [5, 5.41) is 2.86. The van der Waals surface area contributed by atoms with Gasteiger partial charge in [0.05, 0.1) is 18.0 Å². The van der Waals surface area contributed by atoms with Crippen LogP contribution in [0.3, 0.4) is 0 Å². The van der Waals surface area contributed by atoms with Gasteiger partial charge in [0.15, 0.2) is 0 Å². The molecule has 6 nitrogen and oxygen atoms in total. The van der Waals surface area contributed by atoms with E-state index in [2.05, 4.69) is 5.32 Å². The van der Waals surface area contributed by atoms with Gasteiger partial charge >= 0.3 is 0 Å². The highest BCUT2D eigenvalue weighted by atomic mass is 32.2. The molecule has 0 unspecified atom stereocenters. The van der Waals surface area contributed by atoms with Gasteiger partial charge in [-0.2, -0.15) is 0 Å². The predicted octanol–water partition coefficient (Wildman–Crippen LogP) is 2.56. The standard InChI is InChI=1S/C19H22N2O4S/c1-2-25-18-9-3-6-15(12-18)14-20-19(22)16-7-4-8-17(13-16)21-10-5-11-26(21,23)24/h3-4,6-9,12-13H,2,5,10-11,14H2,1H3,(H,20,22). The minimum atomic E-state index is -3.26. The molecule has 1 saturated heterocycles. The molecule has 1 amide bonds. The van der Waals surface area contributed by atoms with Crippen LogP contribution in [0.5, 0.6) is 5.75 Å². The van der Waals surface area contributed by atoms with Crippen molar-refractivity contribution >= 4 is 21.6 Å². The molecule has 0 atom stereocenters. The van der Waals surface area contributed by atoms with Crippen LogP contribution in [0.25, 0.3) is 0 Å². The van der Waals surface area contributed by atoms with Gasteiger partial charge in [-0.1, -0.05) is 18.2 Å². The molecule has 1 N–H and O–H groups in total. The fourth-order valence-electron chi connectivity index (χ4n) is 2.93. The molecule has 1 fully saturated rings. The van der Waals surface area contributed by atoms with Crippen molar-refractivity contribution in [2.24, 2.45) is 0 Å². The smallest absolute Gasteiger partial charge is 0.251 e. The van der Waals surface area contributed by atoms with Crippen LogP contribution < -0.4 is 14.4 Å². The Hall–Kier alpha value is -2.54. The molecule has 1 aliphatic heterocycles. The lowest BCUT2D eigenvalue weighted by atomic mass is 10.1. The normalized spacial score (nSPS) is 15.7. The number of nitrogens with one attached hydrogen (secondary N) is 1. The van der Waals surface area contributed by atoms with Crippen LogP contribution in [0.1, 0.15) is 29.3 Å². The molecule has 0 radical (unpaired) electrons. The molecule has 0 aromatic heterocycles. The number of anilines is 1. The minimum absolute atomic E-state index is 0.152. The zero-order chi connectivity index (χ0) is 18.6. The first-order chi connectivity index (χ1) is 12.5. The van der Waals surface area contributed by atoms with Gasteiger partial charge in [0.2, 0.25) is 10.0 Å². The van der Waals surface area contributed by atoms with E-state index in [1.807, 2.05) is 31.2 Å². The number of sulfonamides is 1. The lowest BCUT2D eigenvalue weighted by Gasteiger charge is -2.17. The first-order valence-corrected chi connectivity index (χ1v) is 10.2. The zero-order valence-electron chi connectivity index (χ0n) is 14.6. The Morgan fingerprint density at radius 1 is 1.19 bits per heavy atom. The van der Waals surface area contributed by atoms with Crippen molar-refractivity contribution in [1.82, 2.24) is 5.32 Å². The van der Waals surface area contributed by atoms with Crippen molar-refractivity contribution in [3.8, 4) is 5.75 Å². The van der Waals surface area contributed by atoms with Gasteiger partial charge in [0.25, 0.3) is 5.91 Å². The first kappa shape index (κ1) is 18.3. The van der Waals surface area contributed by atoms with Gasteiger partial charge in [-0.3, -0.25) is 9.10 Å². The Labute approximate surface area is 153 Å². The third-order valence-electron chi connectivity index (χ3n) is 4.16. The summed E-state index contributed by atoms with van der Waals surface area (Å²) >= 11 is 0. The van der Waals surface area contributed by atoms with Crippen molar-refractivity contribution in [3.05, 3.63) is 59.7 Å². The highest BCUT2D eigenvalue weighted by molar-refractivity contribution is 7.93. The van der Waals surface area contributed by atoms with Crippen molar-refractivity contribution in [2.45, 2.75) is 19.9 Å². The SMILES string of the molecule is CCOc1cccc(CNC(=O)c2cccc(N3CCCS3(=O)=O)c2)c1. The van der Waals surface area contributed by atoms with E-state index >= 15 is 0 Å². The molecule has 138 valence electrons. The van der Waals surface area contributed by atoms with Crippen LogP contribution in [0.4, 0.5) is 5.69 Å². The van der Waals surface area contributed by atoms with Crippen molar-refractivity contribution < 1.29 is 17.9 Å². The van der Waals surface area contributed by atoms with E-state index in [1.165, 1.54) is 4.31 Å². The molecule has 0 aliphatic carbocycles. The summed E-state index contributed by atoms with van der Waals surface area (Å²) < 4.78 is 30.9. The summed E-state index contributed by atoms with van der Waals surface area (Å²) in [6.45, 7) is 3.33. The molecule has 1 aliphatic rings. The summed E-state index contributed by atoms with van der Waals surface area (Å²) in [4.78, 5) is 12.4. The van der Waals surface area contributed by atoms with E-state index < -0.39 is 10.0 Å². The van der Waals surface area contributed by atoms with E-state index in [1.54, 1.807) is 24.3 Å². The highest BCUT2D eigenvalue weighted by Crippen LogP contribution is 2.24. The zero-order valence-corrected chi connectivity index (χ0v) is 15.5. The highest BCUT2D eigenvalue weighted by Gasteiger charge is 2.28. The summed E-state index contributed by atoms with van der Waals surface area (Å²) in [5.74, 6) is 0.672. The maximum atomic E-state index is 12.4. The molecule has 0 spiro atoms. The predicted molar refractivity (Wildman–Crippen MR) is 101 cm³/mol. The Balaban J connectivity index is 1.69. The van der Waals surface area contributed by atoms with E-state index in [0.29, 0.717) is 37.4 Å². The Kier molecular flexibility index (Phi) is 5.46. The van der Waals surface area contributed by atoms with Crippen molar-refractivity contribution in [2.75, 3.05) is 23.2 Å². The number of benzene rings is 2. The maximum Gasteiger partial charge on any atom is 0.251 e. The molecule has 3 rings (SSSR count). The topological polar surface area (TPSA) is 75.7 Å². The van der Waals surface area contributed by atoms with E-state index in [4.69, 9.17) is 4.74 Å². The minimum Gasteiger partial charge on any atom is -0.494 e. The van der Waals surface area contributed by atoms with Gasteiger partial charge in [-0.15, -0.1) is 0 Å². The Bertz CT molecular complexity index is 896. The van der Waals surface area contributed by atoms with Crippen molar-refractivity contribution in [3.63, 3.8) is 0 Å². The second kappa shape index (κ2) is 7.78. The number of carbonyl (C=O) groups is 1. The molecule has 7 heteroatoms. The van der Waals surface area contributed by atoms with Gasteiger partial charge in [0, 0.05) is 18.7 Å². The first-order valence-electron chi connectivity index (χ1n) is 8.60. The number of rotatable bonds is 6. The van der Waals surface area contributed by atoms with Crippen LogP contribution in [0.15, 0.2) is 48.5 Å². The third kappa shape index (κ3) is 4.16. The average molecular weight is 374 g/mol. The summed E-state index contributed by atoms with van der Waals surface area (Å²) in [6, 6.07) is 14.3. The third-order valence-corrected chi connectivity index (χ3v) is 6.03. The van der Waals surface area contributed by atoms with Gasteiger partial charge in [-0.05, 0) is 49.2 Å². The van der Waals surface area contributed by atoms with Gasteiger partial charge in [0.1, 0.15) is 5.75 Å².